The van der Waals surface area contributed by atoms with E-state index < -0.39 is 10.0 Å². The third-order valence-electron chi connectivity index (χ3n) is 4.02. The maximum Gasteiger partial charge on any atom is 0.232 e. The first-order chi connectivity index (χ1) is 10.9. The Morgan fingerprint density at radius 2 is 1.71 bits per heavy atom. The molecule has 0 aliphatic rings. The number of carbonyl (C=O) groups is 1. The summed E-state index contributed by atoms with van der Waals surface area (Å²) in [5.41, 5.74) is 2.45. The van der Waals surface area contributed by atoms with Crippen LogP contribution in [0.15, 0.2) is 18.2 Å². The molecule has 0 unspecified atom stereocenters. The molecule has 0 fully saturated rings. The second-order valence-electron chi connectivity index (χ2n) is 7.07. The van der Waals surface area contributed by atoms with Gasteiger partial charge in [-0.2, -0.15) is 0 Å². The number of nitrogens with zero attached hydrogens (tertiary/aromatic N) is 1. The Labute approximate surface area is 146 Å². The third kappa shape index (κ3) is 6.51. The number of hydrogen-bond acceptors (Lipinski definition) is 3. The minimum absolute atomic E-state index is 0.0456. The van der Waals surface area contributed by atoms with Gasteiger partial charge in [0, 0.05) is 18.5 Å². The lowest BCUT2D eigenvalue weighted by atomic mass is 10.0. The molecule has 24 heavy (non-hydrogen) atoms. The Kier molecular flexibility index (Phi) is 6.84. The van der Waals surface area contributed by atoms with Gasteiger partial charge in [0.2, 0.25) is 15.9 Å². The van der Waals surface area contributed by atoms with E-state index in [0.717, 1.165) is 17.5 Å². The Morgan fingerprint density at radius 1 is 1.17 bits per heavy atom. The second kappa shape index (κ2) is 8.01. The van der Waals surface area contributed by atoms with Gasteiger partial charge in [0.05, 0.1) is 11.9 Å². The van der Waals surface area contributed by atoms with Crippen LogP contribution in [0.5, 0.6) is 0 Å². The molecule has 136 valence electrons. The highest BCUT2D eigenvalue weighted by atomic mass is 32.2. The Bertz CT molecular complexity index is 661. The summed E-state index contributed by atoms with van der Waals surface area (Å²) in [6.07, 6.45) is 2.83. The molecule has 0 bridgehead atoms. The summed E-state index contributed by atoms with van der Waals surface area (Å²) in [5, 5.41) is 2.97. The van der Waals surface area contributed by atoms with Gasteiger partial charge in [-0.1, -0.05) is 13.0 Å². The number of nitrogens with one attached hydrogen (secondary N) is 1. The number of anilines is 1. The predicted molar refractivity (Wildman–Crippen MR) is 99.9 cm³/mol. The molecular weight excluding hydrogens is 324 g/mol. The van der Waals surface area contributed by atoms with Crippen LogP contribution in [0, 0.1) is 13.8 Å². The van der Waals surface area contributed by atoms with Crippen molar-refractivity contribution in [2.45, 2.75) is 59.4 Å². The van der Waals surface area contributed by atoms with Crippen molar-refractivity contribution in [1.29, 1.82) is 0 Å². The molecule has 0 aliphatic carbocycles. The molecule has 0 atom stereocenters. The topological polar surface area (TPSA) is 66.5 Å². The molecule has 1 aromatic carbocycles. The van der Waals surface area contributed by atoms with Crippen LogP contribution in [0.2, 0.25) is 0 Å². The highest BCUT2D eigenvalue weighted by molar-refractivity contribution is 7.92. The minimum Gasteiger partial charge on any atom is -0.351 e. The summed E-state index contributed by atoms with van der Waals surface area (Å²) in [4.78, 5) is 12.0. The molecule has 5 nitrogen and oxygen atoms in total. The van der Waals surface area contributed by atoms with Crippen LogP contribution in [0.3, 0.4) is 0 Å². The number of benzene rings is 1. The van der Waals surface area contributed by atoms with Crippen molar-refractivity contribution in [3.8, 4) is 0 Å². The van der Waals surface area contributed by atoms with E-state index in [4.69, 9.17) is 0 Å². The lowest BCUT2D eigenvalue weighted by Crippen LogP contribution is -2.43. The van der Waals surface area contributed by atoms with Crippen molar-refractivity contribution in [2.24, 2.45) is 0 Å². The van der Waals surface area contributed by atoms with Gasteiger partial charge in [0.1, 0.15) is 0 Å². The quantitative estimate of drug-likeness (QED) is 0.780. The zero-order valence-electron chi connectivity index (χ0n) is 15.6. The molecule has 0 saturated heterocycles. The van der Waals surface area contributed by atoms with E-state index in [0.29, 0.717) is 25.1 Å². The number of aryl methyl sites for hydroxylation is 2. The monoisotopic (exact) mass is 354 g/mol. The van der Waals surface area contributed by atoms with Crippen molar-refractivity contribution in [2.75, 3.05) is 17.1 Å². The first kappa shape index (κ1) is 20.5. The molecule has 0 aliphatic heterocycles. The maximum atomic E-state index is 12.1. The largest absolute Gasteiger partial charge is 0.351 e. The van der Waals surface area contributed by atoms with Gasteiger partial charge >= 0.3 is 0 Å². The zero-order valence-corrected chi connectivity index (χ0v) is 16.5. The Balaban J connectivity index is 2.78. The highest BCUT2D eigenvalue weighted by Gasteiger charge is 2.20. The van der Waals surface area contributed by atoms with Crippen molar-refractivity contribution in [1.82, 2.24) is 5.32 Å². The molecule has 1 N–H and O–H groups in total. The first-order valence-electron chi connectivity index (χ1n) is 8.31. The molecule has 0 aromatic heterocycles. The van der Waals surface area contributed by atoms with Crippen LogP contribution in [-0.4, -0.2) is 32.7 Å². The van der Waals surface area contributed by atoms with E-state index in [-0.39, 0.29) is 11.4 Å². The van der Waals surface area contributed by atoms with E-state index in [1.165, 1.54) is 10.6 Å². The first-order valence-corrected chi connectivity index (χ1v) is 10.2. The van der Waals surface area contributed by atoms with Crippen LogP contribution < -0.4 is 9.62 Å². The van der Waals surface area contributed by atoms with Crippen molar-refractivity contribution in [3.05, 3.63) is 29.3 Å². The van der Waals surface area contributed by atoms with Crippen LogP contribution in [0.25, 0.3) is 0 Å². The molecule has 1 aromatic rings. The van der Waals surface area contributed by atoms with E-state index in [9.17, 15) is 13.2 Å². The van der Waals surface area contributed by atoms with Crippen LogP contribution in [0.4, 0.5) is 5.69 Å². The van der Waals surface area contributed by atoms with E-state index in [2.05, 4.69) is 5.32 Å². The molecule has 0 radical (unpaired) electrons. The molecule has 0 saturated carbocycles. The molecular formula is C18H30N2O3S. The van der Waals surface area contributed by atoms with Gasteiger partial charge in [-0.05, 0) is 63.8 Å². The van der Waals surface area contributed by atoms with E-state index in [1.807, 2.05) is 52.8 Å². The summed E-state index contributed by atoms with van der Waals surface area (Å²) < 4.78 is 25.6. The fraction of sp³-hybridized carbons (Fsp3) is 0.611. The molecule has 0 heterocycles. The van der Waals surface area contributed by atoms with E-state index >= 15 is 0 Å². The average Bonchev–Trinajstić information content (AvgIpc) is 2.40. The third-order valence-corrected chi connectivity index (χ3v) is 5.22. The summed E-state index contributed by atoms with van der Waals surface area (Å²) >= 11 is 0. The maximum absolute atomic E-state index is 12.1. The minimum atomic E-state index is -3.39. The standard InChI is InChI=1S/C18H30N2O3S/c1-7-18(4,5)19-17(21)9-8-10-20(24(6,22)23)16-12-14(2)11-15(3)13-16/h11-13H,7-10H2,1-6H3,(H,19,21). The Morgan fingerprint density at radius 3 is 2.17 bits per heavy atom. The van der Waals surface area contributed by atoms with Crippen LogP contribution >= 0.6 is 0 Å². The van der Waals surface area contributed by atoms with Crippen molar-refractivity contribution in [3.63, 3.8) is 0 Å². The lowest BCUT2D eigenvalue weighted by molar-refractivity contribution is -0.122. The fourth-order valence-corrected chi connectivity index (χ4v) is 3.44. The number of carbonyl (C=O) groups excluding carboxylic acids is 1. The summed E-state index contributed by atoms with van der Waals surface area (Å²) in [6.45, 7) is 10.1. The summed E-state index contributed by atoms with van der Waals surface area (Å²) in [7, 11) is -3.39. The van der Waals surface area contributed by atoms with Gasteiger partial charge in [-0.25, -0.2) is 8.42 Å². The predicted octanol–water partition coefficient (Wildman–Crippen LogP) is 3.15. The summed E-state index contributed by atoms with van der Waals surface area (Å²) in [6, 6.07) is 5.72. The van der Waals surface area contributed by atoms with Crippen LogP contribution in [-0.2, 0) is 14.8 Å². The number of rotatable bonds is 8. The van der Waals surface area contributed by atoms with Gasteiger partial charge < -0.3 is 5.32 Å². The highest BCUT2D eigenvalue weighted by Crippen LogP contribution is 2.22. The number of hydrogen-bond donors (Lipinski definition) is 1. The molecule has 0 spiro atoms. The van der Waals surface area contributed by atoms with Crippen molar-refractivity contribution < 1.29 is 13.2 Å². The molecule has 1 amide bonds. The summed E-state index contributed by atoms with van der Waals surface area (Å²) in [5.74, 6) is -0.0456. The van der Waals surface area contributed by atoms with Gasteiger partial charge in [0.15, 0.2) is 0 Å². The van der Waals surface area contributed by atoms with Gasteiger partial charge in [0.25, 0.3) is 0 Å². The lowest BCUT2D eigenvalue weighted by Gasteiger charge is -2.26. The average molecular weight is 355 g/mol. The van der Waals surface area contributed by atoms with E-state index in [1.54, 1.807) is 0 Å². The fourth-order valence-electron chi connectivity index (χ4n) is 2.49. The zero-order chi connectivity index (χ0) is 18.5. The van der Waals surface area contributed by atoms with Crippen LogP contribution in [0.1, 0.15) is 51.2 Å². The van der Waals surface area contributed by atoms with Crippen molar-refractivity contribution >= 4 is 21.6 Å². The van der Waals surface area contributed by atoms with Gasteiger partial charge in [-0.15, -0.1) is 0 Å². The number of amides is 1. The second-order valence-corrected chi connectivity index (χ2v) is 8.98. The normalized spacial score (nSPS) is 12.1. The smallest absolute Gasteiger partial charge is 0.232 e. The van der Waals surface area contributed by atoms with Gasteiger partial charge in [-0.3, -0.25) is 9.10 Å². The SMILES string of the molecule is CCC(C)(C)NC(=O)CCCN(c1cc(C)cc(C)c1)S(C)(=O)=O. The molecule has 6 heteroatoms. The Hall–Kier alpha value is -1.56. The molecule has 1 rings (SSSR count). The number of sulfonamides is 1.